The molecule has 6 heteroatoms. The molecule has 2 aliphatic heterocycles. The normalized spacial score (nSPS) is 23.1. The van der Waals surface area contributed by atoms with E-state index in [1.165, 1.54) is 5.56 Å². The summed E-state index contributed by atoms with van der Waals surface area (Å²) in [4.78, 5) is 21.3. The van der Waals surface area contributed by atoms with Crippen LogP contribution in [0.5, 0.6) is 0 Å². The van der Waals surface area contributed by atoms with E-state index >= 15 is 0 Å². The zero-order chi connectivity index (χ0) is 19.5. The lowest BCUT2D eigenvalue weighted by molar-refractivity contribution is -0.115. The fourth-order valence-electron chi connectivity index (χ4n) is 4.31. The average molecular weight is 376 g/mol. The molecule has 4 rings (SSSR count). The molecule has 2 aromatic rings. The number of hydrogen-bond donors (Lipinski definition) is 0. The number of benzene rings is 1. The summed E-state index contributed by atoms with van der Waals surface area (Å²) in [7, 11) is 1.77. The van der Waals surface area contributed by atoms with Crippen molar-refractivity contribution in [3.8, 4) is 6.07 Å². The Morgan fingerprint density at radius 1 is 1.14 bits per heavy atom. The average Bonchev–Trinajstić information content (AvgIpc) is 2.74. The minimum atomic E-state index is 0.0481. The van der Waals surface area contributed by atoms with E-state index in [-0.39, 0.29) is 18.1 Å². The van der Waals surface area contributed by atoms with Gasteiger partial charge in [-0.3, -0.25) is 14.7 Å². The maximum absolute atomic E-state index is 12.7. The van der Waals surface area contributed by atoms with Crippen molar-refractivity contribution in [2.75, 3.05) is 26.7 Å². The van der Waals surface area contributed by atoms with E-state index in [1.54, 1.807) is 31.4 Å². The lowest BCUT2D eigenvalue weighted by atomic mass is 9.87. The molecular formula is C22H24N4O2. The predicted octanol–water partition coefficient (Wildman–Crippen LogP) is 2.63. The van der Waals surface area contributed by atoms with E-state index < -0.39 is 0 Å². The Kier molecular flexibility index (Phi) is 5.38. The molecule has 28 heavy (non-hydrogen) atoms. The van der Waals surface area contributed by atoms with Gasteiger partial charge in [0.25, 0.3) is 5.91 Å². The number of ether oxygens (including phenoxy) is 1. The quantitative estimate of drug-likeness (QED) is 0.820. The number of carbonyl (C=O) groups is 1. The number of likely N-dealkylation sites (tertiary alicyclic amines) is 2. The number of amides is 1. The number of aromatic nitrogens is 1. The Bertz CT molecular complexity index is 854. The number of piperidine rings is 1. The second-order valence-electron chi connectivity index (χ2n) is 7.41. The van der Waals surface area contributed by atoms with Crippen LogP contribution in [0.1, 0.15) is 40.4 Å². The molecule has 0 unspecified atom stereocenters. The molecule has 2 aliphatic rings. The third kappa shape index (κ3) is 3.51. The van der Waals surface area contributed by atoms with Gasteiger partial charge in [0.15, 0.2) is 0 Å². The minimum absolute atomic E-state index is 0.0481. The minimum Gasteiger partial charge on any atom is -0.378 e. The van der Waals surface area contributed by atoms with Gasteiger partial charge in [0, 0.05) is 50.7 Å². The van der Waals surface area contributed by atoms with Crippen LogP contribution >= 0.6 is 0 Å². The summed E-state index contributed by atoms with van der Waals surface area (Å²) in [5, 5.41) is 8.90. The Balaban J connectivity index is 1.38. The molecule has 0 spiro atoms. The van der Waals surface area contributed by atoms with Gasteiger partial charge in [0.1, 0.15) is 0 Å². The molecule has 2 fully saturated rings. The van der Waals surface area contributed by atoms with Crippen molar-refractivity contribution in [2.45, 2.75) is 31.0 Å². The van der Waals surface area contributed by atoms with E-state index in [9.17, 15) is 4.79 Å². The summed E-state index contributed by atoms with van der Waals surface area (Å²) in [5.41, 5.74) is 2.46. The second kappa shape index (κ2) is 8.09. The SMILES string of the molecule is CO[C@H]1CN(C2CCN(C(=O)c3ccc(C#N)cc3)CC2)[C@H]1c1ccncc1. The fourth-order valence-corrected chi connectivity index (χ4v) is 4.31. The predicted molar refractivity (Wildman–Crippen MR) is 105 cm³/mol. The van der Waals surface area contributed by atoms with Crippen molar-refractivity contribution in [1.29, 1.82) is 5.26 Å². The summed E-state index contributed by atoms with van der Waals surface area (Å²) >= 11 is 0. The number of nitrogens with zero attached hydrogens (tertiary/aromatic N) is 4. The van der Waals surface area contributed by atoms with Gasteiger partial charge in [-0.1, -0.05) is 0 Å². The molecule has 1 aromatic carbocycles. The first kappa shape index (κ1) is 18.6. The van der Waals surface area contributed by atoms with Crippen LogP contribution in [0.15, 0.2) is 48.8 Å². The molecule has 0 N–H and O–H groups in total. The summed E-state index contributed by atoms with van der Waals surface area (Å²) in [5.74, 6) is 0.0481. The smallest absolute Gasteiger partial charge is 0.253 e. The maximum Gasteiger partial charge on any atom is 0.253 e. The summed E-state index contributed by atoms with van der Waals surface area (Å²) in [6.07, 6.45) is 5.79. The molecule has 2 atom stereocenters. The topological polar surface area (TPSA) is 69.5 Å². The molecule has 144 valence electrons. The van der Waals surface area contributed by atoms with Crippen LogP contribution in [-0.2, 0) is 4.74 Å². The first-order chi connectivity index (χ1) is 13.7. The van der Waals surface area contributed by atoms with Crippen LogP contribution in [0.3, 0.4) is 0 Å². The van der Waals surface area contributed by atoms with Crippen molar-refractivity contribution in [3.63, 3.8) is 0 Å². The van der Waals surface area contributed by atoms with E-state index in [2.05, 4.69) is 28.1 Å². The molecule has 1 aromatic heterocycles. The molecule has 1 amide bonds. The van der Waals surface area contributed by atoms with Crippen molar-refractivity contribution in [2.24, 2.45) is 0 Å². The molecule has 0 aliphatic carbocycles. The third-order valence-electron chi connectivity index (χ3n) is 5.93. The number of hydrogen-bond acceptors (Lipinski definition) is 5. The maximum atomic E-state index is 12.7. The molecule has 0 saturated carbocycles. The Morgan fingerprint density at radius 2 is 1.82 bits per heavy atom. The lowest BCUT2D eigenvalue weighted by Crippen LogP contribution is -2.60. The third-order valence-corrected chi connectivity index (χ3v) is 5.93. The van der Waals surface area contributed by atoms with Crippen molar-refractivity contribution < 1.29 is 9.53 Å². The summed E-state index contributed by atoms with van der Waals surface area (Å²) in [6, 6.07) is 13.8. The largest absolute Gasteiger partial charge is 0.378 e. The molecule has 3 heterocycles. The van der Waals surface area contributed by atoms with E-state index in [0.717, 1.165) is 32.5 Å². The molecular weight excluding hydrogens is 352 g/mol. The highest BCUT2D eigenvalue weighted by molar-refractivity contribution is 5.94. The van der Waals surface area contributed by atoms with Crippen LogP contribution in [0, 0.1) is 11.3 Å². The Morgan fingerprint density at radius 3 is 2.43 bits per heavy atom. The van der Waals surface area contributed by atoms with E-state index in [0.29, 0.717) is 17.2 Å². The van der Waals surface area contributed by atoms with E-state index in [1.807, 2.05) is 17.3 Å². The van der Waals surface area contributed by atoms with Gasteiger partial charge < -0.3 is 9.64 Å². The lowest BCUT2D eigenvalue weighted by Gasteiger charge is -2.53. The van der Waals surface area contributed by atoms with Gasteiger partial charge in [-0.2, -0.15) is 5.26 Å². The molecule has 0 bridgehead atoms. The molecule has 2 saturated heterocycles. The number of nitriles is 1. The van der Waals surface area contributed by atoms with Crippen molar-refractivity contribution in [1.82, 2.24) is 14.8 Å². The van der Waals surface area contributed by atoms with Gasteiger partial charge in [-0.05, 0) is 54.8 Å². The highest BCUT2D eigenvalue weighted by Gasteiger charge is 2.44. The second-order valence-corrected chi connectivity index (χ2v) is 7.41. The van der Waals surface area contributed by atoms with Gasteiger partial charge >= 0.3 is 0 Å². The molecule has 6 nitrogen and oxygen atoms in total. The van der Waals surface area contributed by atoms with Gasteiger partial charge in [0.05, 0.1) is 23.8 Å². The van der Waals surface area contributed by atoms with Gasteiger partial charge in [-0.25, -0.2) is 0 Å². The summed E-state index contributed by atoms with van der Waals surface area (Å²) in [6.45, 7) is 2.43. The monoisotopic (exact) mass is 376 g/mol. The van der Waals surface area contributed by atoms with Crippen LogP contribution in [0.2, 0.25) is 0 Å². The number of rotatable bonds is 4. The van der Waals surface area contributed by atoms with Gasteiger partial charge in [-0.15, -0.1) is 0 Å². The Labute approximate surface area is 165 Å². The highest BCUT2D eigenvalue weighted by atomic mass is 16.5. The van der Waals surface area contributed by atoms with Crippen LogP contribution in [0.25, 0.3) is 0 Å². The van der Waals surface area contributed by atoms with E-state index in [4.69, 9.17) is 10.00 Å². The van der Waals surface area contributed by atoms with Crippen molar-refractivity contribution >= 4 is 5.91 Å². The first-order valence-corrected chi connectivity index (χ1v) is 9.69. The van der Waals surface area contributed by atoms with Crippen LogP contribution in [0.4, 0.5) is 0 Å². The van der Waals surface area contributed by atoms with Crippen molar-refractivity contribution in [3.05, 3.63) is 65.5 Å². The van der Waals surface area contributed by atoms with Gasteiger partial charge in [0.2, 0.25) is 0 Å². The zero-order valence-corrected chi connectivity index (χ0v) is 16.0. The van der Waals surface area contributed by atoms with Crippen LogP contribution < -0.4 is 0 Å². The highest BCUT2D eigenvalue weighted by Crippen LogP contribution is 2.39. The Hall–Kier alpha value is -2.75. The fraction of sp³-hybridized carbons (Fsp3) is 0.409. The number of methoxy groups -OCH3 is 1. The number of carbonyl (C=O) groups excluding carboxylic acids is 1. The standard InChI is InChI=1S/C22H24N4O2/c1-28-20-15-26(21(20)17-6-10-24-11-7-17)19-8-12-25(13-9-19)22(27)18-4-2-16(14-23)3-5-18/h2-7,10-11,19-21H,8-9,12-13,15H2,1H3/t20-,21-/m0/s1. The number of pyridine rings is 1. The van der Waals surface area contributed by atoms with Crippen LogP contribution in [-0.4, -0.2) is 59.6 Å². The molecule has 0 radical (unpaired) electrons. The zero-order valence-electron chi connectivity index (χ0n) is 16.0. The summed E-state index contributed by atoms with van der Waals surface area (Å²) < 4.78 is 5.66. The first-order valence-electron chi connectivity index (χ1n) is 9.69.